The summed E-state index contributed by atoms with van der Waals surface area (Å²) >= 11 is 5.93. The summed E-state index contributed by atoms with van der Waals surface area (Å²) in [5.74, 6) is -0.268. The van der Waals surface area contributed by atoms with E-state index >= 15 is 0 Å². The van der Waals surface area contributed by atoms with Crippen LogP contribution in [0.15, 0.2) is 53.5 Å². The number of nitrogens with zero attached hydrogens (tertiary/aromatic N) is 2. The van der Waals surface area contributed by atoms with Gasteiger partial charge in [0.05, 0.1) is 10.6 Å². The molecule has 0 saturated carbocycles. The fourth-order valence-electron chi connectivity index (χ4n) is 1.49. The normalized spacial score (nSPS) is 11.3. The third-order valence-electron chi connectivity index (χ3n) is 2.37. The highest BCUT2D eigenvalue weighted by Gasteiger charge is 2.19. The molecule has 6 heteroatoms. The van der Waals surface area contributed by atoms with Gasteiger partial charge in [-0.25, -0.2) is 0 Å². The maximum Gasteiger partial charge on any atom is 0.372 e. The summed E-state index contributed by atoms with van der Waals surface area (Å²) in [5, 5.41) is 20.5. The molecule has 1 N–H and O–H groups in total. The van der Waals surface area contributed by atoms with Gasteiger partial charge in [-0.15, -0.1) is 0 Å². The minimum atomic E-state index is -0.589. The quantitative estimate of drug-likeness (QED) is 0.395. The Labute approximate surface area is 113 Å². The van der Waals surface area contributed by atoms with Gasteiger partial charge < -0.3 is 15.2 Å². The first-order valence-electron chi connectivity index (χ1n) is 5.35. The number of aromatic hydroxyl groups is 1. The van der Waals surface area contributed by atoms with E-state index in [-0.39, 0.29) is 22.2 Å². The molecule has 0 heterocycles. The minimum absolute atomic E-state index is 0.0688. The van der Waals surface area contributed by atoms with E-state index in [0.717, 1.165) is 0 Å². The Bertz CT molecular complexity index is 639. The van der Waals surface area contributed by atoms with Crippen molar-refractivity contribution >= 4 is 23.1 Å². The van der Waals surface area contributed by atoms with Crippen LogP contribution in [0.4, 0.5) is 5.69 Å². The molecule has 96 valence electrons. The van der Waals surface area contributed by atoms with Crippen LogP contribution >= 0.6 is 11.6 Å². The lowest BCUT2D eigenvalue weighted by atomic mass is 10.2. The van der Waals surface area contributed by atoms with Gasteiger partial charge in [-0.1, -0.05) is 23.7 Å². The number of hydrogen-bond acceptors (Lipinski definition) is 4. The Balaban J connectivity index is 2.50. The number of rotatable bonds is 2. The second-order valence-corrected chi connectivity index (χ2v) is 4.10. The van der Waals surface area contributed by atoms with Crippen molar-refractivity contribution in [3.63, 3.8) is 0 Å². The van der Waals surface area contributed by atoms with Crippen LogP contribution < -0.4 is 0 Å². The number of benzene rings is 2. The van der Waals surface area contributed by atoms with E-state index in [1.807, 2.05) is 0 Å². The number of aliphatic imine (C=N–C) groups is 1. The van der Waals surface area contributed by atoms with Crippen LogP contribution in [0.2, 0.25) is 5.02 Å². The number of phenolic OH excluding ortho intramolecular Hbond substituents is 1. The number of hydrogen-bond donors (Lipinski definition) is 1. The fraction of sp³-hybridized carbons (Fsp3) is 0. The second kappa shape index (κ2) is 5.49. The first-order chi connectivity index (χ1) is 9.08. The summed E-state index contributed by atoms with van der Waals surface area (Å²) in [6.45, 7) is 0. The Kier molecular flexibility index (Phi) is 3.77. The molecule has 0 fully saturated rings. The lowest BCUT2D eigenvalue weighted by Crippen LogP contribution is -2.13. The molecular formula is C13H9ClN2O3. The molecule has 5 nitrogen and oxygen atoms in total. The predicted octanol–water partition coefficient (Wildman–Crippen LogP) is 3.40. The molecule has 19 heavy (non-hydrogen) atoms. The smallest absolute Gasteiger partial charge is 0.372 e. The highest BCUT2D eigenvalue weighted by Crippen LogP contribution is 2.21. The molecule has 0 aliphatic heterocycles. The van der Waals surface area contributed by atoms with Gasteiger partial charge >= 0.3 is 5.84 Å². The van der Waals surface area contributed by atoms with Gasteiger partial charge in [0.1, 0.15) is 5.75 Å². The molecule has 0 aliphatic rings. The molecule has 2 rings (SSSR count). The zero-order valence-electron chi connectivity index (χ0n) is 9.65. The second-order valence-electron chi connectivity index (χ2n) is 3.69. The fourth-order valence-corrected chi connectivity index (χ4v) is 1.71. The summed E-state index contributed by atoms with van der Waals surface area (Å²) in [6.07, 6.45) is 0. The topological polar surface area (TPSA) is 75.7 Å². The van der Waals surface area contributed by atoms with Gasteiger partial charge in [0.15, 0.2) is 5.69 Å². The van der Waals surface area contributed by atoms with Gasteiger partial charge in [-0.2, -0.15) is 0 Å². The van der Waals surface area contributed by atoms with Crippen LogP contribution in [0.5, 0.6) is 5.75 Å². The highest BCUT2D eigenvalue weighted by molar-refractivity contribution is 6.33. The zero-order valence-corrected chi connectivity index (χ0v) is 10.4. The van der Waals surface area contributed by atoms with Crippen LogP contribution in [0.25, 0.3) is 0 Å². The molecule has 0 atom stereocenters. The van der Waals surface area contributed by atoms with Crippen molar-refractivity contribution < 1.29 is 10.0 Å². The molecule has 0 saturated heterocycles. The van der Waals surface area contributed by atoms with Crippen LogP contribution in [0, 0.1) is 10.1 Å². The first-order valence-corrected chi connectivity index (χ1v) is 5.73. The summed E-state index contributed by atoms with van der Waals surface area (Å²) in [6, 6.07) is 12.2. The third-order valence-corrected chi connectivity index (χ3v) is 2.70. The molecule has 0 radical (unpaired) electrons. The molecule has 0 aromatic heterocycles. The predicted molar refractivity (Wildman–Crippen MR) is 72.8 cm³/mol. The number of amidine groups is 1. The Morgan fingerprint density at radius 1 is 1.16 bits per heavy atom. The summed E-state index contributed by atoms with van der Waals surface area (Å²) in [7, 11) is 0. The molecule has 2 aromatic rings. The van der Waals surface area contributed by atoms with E-state index in [9.17, 15) is 10.1 Å². The van der Waals surface area contributed by atoms with Crippen molar-refractivity contribution in [1.29, 1.82) is 0 Å². The Morgan fingerprint density at radius 2 is 1.79 bits per heavy atom. The summed E-state index contributed by atoms with van der Waals surface area (Å²) < 4.78 is 0. The van der Waals surface area contributed by atoms with Crippen LogP contribution in [0.3, 0.4) is 0 Å². The van der Waals surface area contributed by atoms with Gasteiger partial charge in [-0.05, 0) is 46.3 Å². The van der Waals surface area contributed by atoms with Gasteiger partial charge in [-0.3, -0.25) is 0 Å². The molecule has 0 amide bonds. The third kappa shape index (κ3) is 3.08. The number of halogens is 1. The zero-order chi connectivity index (χ0) is 13.8. The molecule has 0 unspecified atom stereocenters. The maximum atomic E-state index is 11.1. The van der Waals surface area contributed by atoms with Gasteiger partial charge in [0.25, 0.3) is 0 Å². The lowest BCUT2D eigenvalue weighted by Gasteiger charge is -2.01. The SMILES string of the molecule is O=[N+]([O-])C(=Nc1ccc(O)cc1)c1ccccc1Cl. The molecule has 0 aliphatic carbocycles. The van der Waals surface area contributed by atoms with Crippen molar-refractivity contribution in [1.82, 2.24) is 0 Å². The van der Waals surface area contributed by atoms with E-state index in [1.165, 1.54) is 30.3 Å². The molecular weight excluding hydrogens is 268 g/mol. The standard InChI is InChI=1S/C13H9ClN2O3/c14-12-4-2-1-3-11(12)13(16(18)19)15-9-5-7-10(17)8-6-9/h1-8,17H. The largest absolute Gasteiger partial charge is 0.508 e. The molecule has 0 bridgehead atoms. The van der Waals surface area contributed by atoms with E-state index in [1.54, 1.807) is 18.2 Å². The lowest BCUT2D eigenvalue weighted by molar-refractivity contribution is -0.348. The average Bonchev–Trinajstić information content (AvgIpc) is 2.39. The maximum absolute atomic E-state index is 11.1. The van der Waals surface area contributed by atoms with E-state index in [2.05, 4.69) is 4.99 Å². The molecule has 0 spiro atoms. The van der Waals surface area contributed by atoms with Gasteiger partial charge in [0, 0.05) is 0 Å². The summed E-state index contributed by atoms with van der Waals surface area (Å²) in [5.41, 5.74) is 0.617. The summed E-state index contributed by atoms with van der Waals surface area (Å²) in [4.78, 5) is 14.5. The Hall–Kier alpha value is -2.40. The van der Waals surface area contributed by atoms with Crippen molar-refractivity contribution in [2.45, 2.75) is 0 Å². The minimum Gasteiger partial charge on any atom is -0.508 e. The number of phenols is 1. The van der Waals surface area contributed by atoms with Crippen molar-refractivity contribution in [2.24, 2.45) is 4.99 Å². The molecule has 2 aromatic carbocycles. The van der Waals surface area contributed by atoms with Gasteiger partial charge in [0.2, 0.25) is 0 Å². The van der Waals surface area contributed by atoms with Crippen LogP contribution in [0.1, 0.15) is 5.56 Å². The van der Waals surface area contributed by atoms with Crippen molar-refractivity contribution in [3.05, 3.63) is 69.2 Å². The Morgan fingerprint density at radius 3 is 2.37 bits per heavy atom. The highest BCUT2D eigenvalue weighted by atomic mass is 35.5. The number of nitro groups is 1. The first kappa shape index (κ1) is 13.0. The monoisotopic (exact) mass is 276 g/mol. The van der Waals surface area contributed by atoms with Crippen LogP contribution in [-0.2, 0) is 0 Å². The van der Waals surface area contributed by atoms with Crippen molar-refractivity contribution in [3.8, 4) is 5.75 Å². The van der Waals surface area contributed by atoms with E-state index in [4.69, 9.17) is 16.7 Å². The average molecular weight is 277 g/mol. The van der Waals surface area contributed by atoms with Crippen LogP contribution in [-0.4, -0.2) is 15.9 Å². The van der Waals surface area contributed by atoms with Crippen molar-refractivity contribution in [2.75, 3.05) is 0 Å². The van der Waals surface area contributed by atoms with E-state index < -0.39 is 4.92 Å². The van der Waals surface area contributed by atoms with E-state index in [0.29, 0.717) is 5.69 Å².